The summed E-state index contributed by atoms with van der Waals surface area (Å²) in [4.78, 5) is 28.5. The summed E-state index contributed by atoms with van der Waals surface area (Å²) in [5.41, 5.74) is 16.8. The summed E-state index contributed by atoms with van der Waals surface area (Å²) in [6.07, 6.45) is 0. The highest BCUT2D eigenvalue weighted by Gasteiger charge is 2.27. The summed E-state index contributed by atoms with van der Waals surface area (Å²) >= 11 is 0. The summed E-state index contributed by atoms with van der Waals surface area (Å²) in [5.74, 6) is 2.77. The van der Waals surface area contributed by atoms with Gasteiger partial charge >= 0.3 is 0 Å². The van der Waals surface area contributed by atoms with Crippen molar-refractivity contribution >= 4 is 28.2 Å². The van der Waals surface area contributed by atoms with Crippen molar-refractivity contribution in [1.29, 1.82) is 0 Å². The van der Waals surface area contributed by atoms with Crippen LogP contribution in [0.15, 0.2) is 188 Å². The lowest BCUT2D eigenvalue weighted by atomic mass is 9.77. The molecule has 320 valence electrons. The Morgan fingerprint density at radius 2 is 0.879 bits per heavy atom. The SMILES string of the molecule is Cc1cc(C)c(C(c2ccc(N(c3cc(-c4ccccc4)nc(-c4ccccc4)n3)c3nc(-c4ccccc4)nc(-c4cccc5ccccc45)n3)cc2)c2c(C)cc(C)cc2C)c(C)c1. The molecule has 2 heterocycles. The van der Waals surface area contributed by atoms with E-state index in [0.717, 1.165) is 44.4 Å². The smallest absolute Gasteiger partial charge is 0.239 e. The van der Waals surface area contributed by atoms with Crippen LogP contribution in [-0.4, -0.2) is 24.9 Å². The molecule has 0 atom stereocenters. The van der Waals surface area contributed by atoms with Crippen LogP contribution in [0.4, 0.5) is 17.5 Å². The van der Waals surface area contributed by atoms with Gasteiger partial charge in [-0.05, 0) is 103 Å². The van der Waals surface area contributed by atoms with Gasteiger partial charge in [0.2, 0.25) is 5.95 Å². The fraction of sp³-hybridized carbons (Fsp3) is 0.117. The van der Waals surface area contributed by atoms with Gasteiger partial charge in [-0.15, -0.1) is 0 Å². The quantitative estimate of drug-likeness (QED) is 0.128. The lowest BCUT2D eigenvalue weighted by Crippen LogP contribution is -2.18. The number of anilines is 3. The van der Waals surface area contributed by atoms with Gasteiger partial charge in [0.05, 0.1) is 11.4 Å². The molecule has 6 nitrogen and oxygen atoms in total. The largest absolute Gasteiger partial charge is 0.263 e. The standard InChI is InChI=1S/C60H50N6/c1-38-33-40(3)54(41(4)34-38)56(55-42(5)35-39(2)36-43(55)6)46-29-31-49(32-30-46)66(53-37-52(45-20-10-7-11-21-45)61-57(62-53)47-22-12-8-13-23-47)60-64-58(48-24-14-9-15-25-48)63-59(65-60)51-28-18-26-44-19-16-17-27-50(44)51/h7-37,56H,1-6H3. The van der Waals surface area contributed by atoms with Gasteiger partial charge in [-0.3, -0.25) is 4.90 Å². The lowest BCUT2D eigenvalue weighted by Gasteiger charge is -2.28. The van der Waals surface area contributed by atoms with Crippen molar-refractivity contribution in [2.24, 2.45) is 0 Å². The number of nitrogens with zero attached hydrogens (tertiary/aromatic N) is 6. The van der Waals surface area contributed by atoms with Crippen LogP contribution in [0.5, 0.6) is 0 Å². The molecule has 10 rings (SSSR count). The molecule has 0 unspecified atom stereocenters. The minimum Gasteiger partial charge on any atom is -0.263 e. The molecule has 2 aromatic heterocycles. The first-order valence-electron chi connectivity index (χ1n) is 22.5. The van der Waals surface area contributed by atoms with Gasteiger partial charge in [0.15, 0.2) is 17.5 Å². The van der Waals surface area contributed by atoms with Crippen molar-refractivity contribution in [1.82, 2.24) is 24.9 Å². The highest BCUT2D eigenvalue weighted by atomic mass is 15.3. The lowest BCUT2D eigenvalue weighted by molar-refractivity contribution is 0.918. The molecule has 0 saturated carbocycles. The first-order valence-corrected chi connectivity index (χ1v) is 22.5. The van der Waals surface area contributed by atoms with Gasteiger partial charge in [0.25, 0.3) is 0 Å². The zero-order valence-corrected chi connectivity index (χ0v) is 38.2. The number of hydrogen-bond donors (Lipinski definition) is 0. The normalized spacial score (nSPS) is 11.3. The maximum Gasteiger partial charge on any atom is 0.239 e. The summed E-state index contributed by atoms with van der Waals surface area (Å²) < 4.78 is 0. The molecule has 0 aliphatic heterocycles. The maximum absolute atomic E-state index is 5.40. The van der Waals surface area contributed by atoms with Gasteiger partial charge in [-0.25, -0.2) is 15.0 Å². The monoisotopic (exact) mass is 854 g/mol. The van der Waals surface area contributed by atoms with E-state index in [4.69, 9.17) is 24.9 Å². The highest BCUT2D eigenvalue weighted by Crippen LogP contribution is 2.42. The number of rotatable bonds is 10. The first kappa shape index (κ1) is 41.9. The zero-order valence-electron chi connectivity index (χ0n) is 38.2. The van der Waals surface area contributed by atoms with Gasteiger partial charge in [-0.2, -0.15) is 9.97 Å². The van der Waals surface area contributed by atoms with E-state index >= 15 is 0 Å². The molecule has 0 radical (unpaired) electrons. The van der Waals surface area contributed by atoms with Crippen LogP contribution in [0, 0.1) is 41.5 Å². The van der Waals surface area contributed by atoms with E-state index in [-0.39, 0.29) is 5.92 Å². The zero-order chi connectivity index (χ0) is 45.3. The summed E-state index contributed by atoms with van der Waals surface area (Å²) in [6, 6.07) is 65.4. The Morgan fingerprint density at radius 3 is 1.45 bits per heavy atom. The Labute approximate surface area is 387 Å². The number of aryl methyl sites for hydroxylation is 6. The molecule has 10 aromatic rings. The van der Waals surface area contributed by atoms with E-state index in [9.17, 15) is 0 Å². The molecule has 6 heteroatoms. The van der Waals surface area contributed by atoms with Crippen LogP contribution in [0.3, 0.4) is 0 Å². The fourth-order valence-electron chi connectivity index (χ4n) is 9.68. The minimum atomic E-state index is 0.00180. The number of benzene rings is 8. The van der Waals surface area contributed by atoms with E-state index in [1.54, 1.807) is 0 Å². The van der Waals surface area contributed by atoms with Crippen LogP contribution in [0.1, 0.15) is 56.0 Å². The second kappa shape index (κ2) is 17.8. The van der Waals surface area contributed by atoms with Crippen molar-refractivity contribution in [3.8, 4) is 45.4 Å². The molecular weight excluding hydrogens is 805 g/mol. The summed E-state index contributed by atoms with van der Waals surface area (Å²) in [7, 11) is 0. The van der Waals surface area contributed by atoms with Gasteiger partial charge in [-0.1, -0.05) is 181 Å². The van der Waals surface area contributed by atoms with Gasteiger partial charge < -0.3 is 0 Å². The van der Waals surface area contributed by atoms with Crippen LogP contribution >= 0.6 is 0 Å². The third-order valence-corrected chi connectivity index (χ3v) is 12.5. The Kier molecular flexibility index (Phi) is 11.3. The molecule has 0 fully saturated rings. The predicted octanol–water partition coefficient (Wildman–Crippen LogP) is 15.0. The van der Waals surface area contributed by atoms with Gasteiger partial charge in [0.1, 0.15) is 5.82 Å². The molecule has 8 aromatic carbocycles. The second-order valence-electron chi connectivity index (χ2n) is 17.3. The topological polar surface area (TPSA) is 67.7 Å². The van der Waals surface area contributed by atoms with Crippen LogP contribution in [0.25, 0.3) is 56.2 Å². The van der Waals surface area contributed by atoms with Crippen LogP contribution in [0.2, 0.25) is 0 Å². The van der Waals surface area contributed by atoms with Crippen molar-refractivity contribution < 1.29 is 0 Å². The third-order valence-electron chi connectivity index (χ3n) is 12.5. The Morgan fingerprint density at radius 1 is 0.394 bits per heavy atom. The molecular formula is C60H50N6. The Hall–Kier alpha value is -8.09. The van der Waals surface area contributed by atoms with E-state index in [2.05, 4.69) is 150 Å². The van der Waals surface area contributed by atoms with Crippen molar-refractivity contribution in [2.45, 2.75) is 47.5 Å². The predicted molar refractivity (Wildman–Crippen MR) is 272 cm³/mol. The number of fused-ring (bicyclic) bond motifs is 1. The second-order valence-corrected chi connectivity index (χ2v) is 17.3. The summed E-state index contributed by atoms with van der Waals surface area (Å²) in [5, 5.41) is 2.16. The maximum atomic E-state index is 5.40. The first-order chi connectivity index (χ1) is 32.2. The number of hydrogen-bond acceptors (Lipinski definition) is 6. The summed E-state index contributed by atoms with van der Waals surface area (Å²) in [6.45, 7) is 13.4. The van der Waals surface area contributed by atoms with Crippen LogP contribution in [-0.2, 0) is 0 Å². The van der Waals surface area contributed by atoms with E-state index < -0.39 is 0 Å². The number of aromatic nitrogens is 5. The van der Waals surface area contributed by atoms with Crippen molar-refractivity contribution in [3.05, 3.63) is 238 Å². The van der Waals surface area contributed by atoms with E-state index in [1.165, 1.54) is 50.1 Å². The minimum absolute atomic E-state index is 0.00180. The third kappa shape index (κ3) is 8.25. The van der Waals surface area contributed by atoms with Crippen molar-refractivity contribution in [2.75, 3.05) is 4.90 Å². The van der Waals surface area contributed by atoms with Gasteiger partial charge in [0, 0.05) is 34.2 Å². The van der Waals surface area contributed by atoms with Crippen LogP contribution < -0.4 is 4.90 Å². The van der Waals surface area contributed by atoms with Crippen molar-refractivity contribution in [3.63, 3.8) is 0 Å². The fourth-order valence-corrected chi connectivity index (χ4v) is 9.68. The molecule has 0 N–H and O–H groups in total. The molecule has 0 saturated heterocycles. The van der Waals surface area contributed by atoms with E-state index in [0.29, 0.717) is 29.2 Å². The molecule has 0 spiro atoms. The molecule has 0 aliphatic rings. The van der Waals surface area contributed by atoms with E-state index in [1.807, 2.05) is 84.9 Å². The molecule has 0 bridgehead atoms. The molecule has 0 amide bonds. The average molecular weight is 855 g/mol. The average Bonchev–Trinajstić information content (AvgIpc) is 3.34. The highest BCUT2D eigenvalue weighted by molar-refractivity contribution is 5.95. The Bertz CT molecular complexity index is 3200. The Balaban J connectivity index is 1.24. The molecule has 66 heavy (non-hydrogen) atoms. The molecule has 0 aliphatic carbocycles.